The lowest BCUT2D eigenvalue weighted by atomic mass is 10.2. The molecule has 1 N–H and O–H groups in total. The monoisotopic (exact) mass is 368 g/mol. The summed E-state index contributed by atoms with van der Waals surface area (Å²) < 4.78 is 1.77. The summed E-state index contributed by atoms with van der Waals surface area (Å²) in [7, 11) is 0. The van der Waals surface area contributed by atoms with Gasteiger partial charge in [-0.05, 0) is 43.2 Å². The van der Waals surface area contributed by atoms with Gasteiger partial charge in [0.25, 0.3) is 0 Å². The van der Waals surface area contributed by atoms with Gasteiger partial charge in [-0.2, -0.15) is 5.10 Å². The van der Waals surface area contributed by atoms with E-state index in [-0.39, 0.29) is 5.91 Å². The molecule has 3 aromatic rings. The number of hydrogen-bond acceptors (Lipinski definition) is 3. The molecule has 0 unspecified atom stereocenters. The van der Waals surface area contributed by atoms with Gasteiger partial charge in [0.05, 0.1) is 16.9 Å². The Labute approximate surface area is 157 Å². The number of aromatic nitrogens is 3. The summed E-state index contributed by atoms with van der Waals surface area (Å²) in [5, 5.41) is 8.79. The Bertz CT molecular complexity index is 970. The van der Waals surface area contributed by atoms with Crippen LogP contribution in [0.25, 0.3) is 17.0 Å². The second-order valence-corrected chi connectivity index (χ2v) is 6.92. The molecule has 5 nitrogen and oxygen atoms in total. The van der Waals surface area contributed by atoms with Crippen molar-refractivity contribution in [1.29, 1.82) is 0 Å². The minimum atomic E-state index is -0.228. The molecule has 0 fully saturated rings. The molecule has 2 heterocycles. The van der Waals surface area contributed by atoms with Gasteiger partial charge in [0.1, 0.15) is 5.15 Å². The van der Waals surface area contributed by atoms with E-state index in [0.29, 0.717) is 11.1 Å². The Morgan fingerprint density at radius 1 is 1.31 bits per heavy atom. The van der Waals surface area contributed by atoms with Gasteiger partial charge in [0, 0.05) is 29.8 Å². The lowest BCUT2D eigenvalue weighted by molar-refractivity contribution is -0.111. The molecule has 1 amide bonds. The third-order valence-corrected chi connectivity index (χ3v) is 4.35. The van der Waals surface area contributed by atoms with Gasteiger partial charge in [0.15, 0.2) is 0 Å². The largest absolute Gasteiger partial charge is 0.322 e. The van der Waals surface area contributed by atoms with Crippen LogP contribution in [0, 0.1) is 12.8 Å². The summed E-state index contributed by atoms with van der Waals surface area (Å²) in [5.41, 5.74) is 3.13. The fourth-order valence-electron chi connectivity index (χ4n) is 2.77. The summed E-state index contributed by atoms with van der Waals surface area (Å²) in [6.07, 6.45) is 4.92. The molecule has 2 aromatic heterocycles. The number of nitrogens with one attached hydrogen (secondary N) is 1. The topological polar surface area (TPSA) is 59.8 Å². The normalized spacial score (nSPS) is 11.6. The predicted octanol–water partition coefficient (Wildman–Crippen LogP) is 4.70. The maximum absolute atomic E-state index is 12.3. The minimum absolute atomic E-state index is 0.228. The third-order valence-electron chi connectivity index (χ3n) is 3.95. The molecule has 0 aliphatic rings. The molecule has 3 rings (SSSR count). The molecule has 26 heavy (non-hydrogen) atoms. The Morgan fingerprint density at radius 3 is 2.88 bits per heavy atom. The van der Waals surface area contributed by atoms with Gasteiger partial charge in [-0.1, -0.05) is 31.5 Å². The molecule has 0 saturated carbocycles. The lowest BCUT2D eigenvalue weighted by Gasteiger charge is -2.06. The van der Waals surface area contributed by atoms with E-state index in [2.05, 4.69) is 29.2 Å². The average molecular weight is 369 g/mol. The standard InChI is InChI=1S/C20H21ClN4O/c1-13(2)12-25-20(21)15(14(3)24-25)9-10-19(26)23-18-8-4-7-17-16(18)6-5-11-22-17/h4-11,13H,12H2,1-3H3,(H,23,26)/b10-9+. The van der Waals surface area contributed by atoms with Crippen molar-refractivity contribution in [2.75, 3.05) is 5.32 Å². The van der Waals surface area contributed by atoms with E-state index in [1.165, 1.54) is 6.08 Å². The van der Waals surface area contributed by atoms with Crippen molar-refractivity contribution in [2.45, 2.75) is 27.3 Å². The molecule has 134 valence electrons. The van der Waals surface area contributed by atoms with Crippen LogP contribution in [-0.2, 0) is 11.3 Å². The summed E-state index contributed by atoms with van der Waals surface area (Å²) in [4.78, 5) is 16.6. The van der Waals surface area contributed by atoms with E-state index in [0.717, 1.165) is 34.4 Å². The Hall–Kier alpha value is -2.66. The van der Waals surface area contributed by atoms with Crippen molar-refractivity contribution < 1.29 is 4.79 Å². The Kier molecular flexibility index (Phi) is 5.38. The van der Waals surface area contributed by atoms with E-state index >= 15 is 0 Å². The number of hydrogen-bond donors (Lipinski definition) is 1. The van der Waals surface area contributed by atoms with Gasteiger partial charge < -0.3 is 5.32 Å². The smallest absolute Gasteiger partial charge is 0.248 e. The highest BCUT2D eigenvalue weighted by atomic mass is 35.5. The molecule has 0 bridgehead atoms. The highest BCUT2D eigenvalue weighted by molar-refractivity contribution is 6.31. The second-order valence-electron chi connectivity index (χ2n) is 6.56. The second kappa shape index (κ2) is 7.70. The average Bonchev–Trinajstić information content (AvgIpc) is 2.86. The van der Waals surface area contributed by atoms with Crippen LogP contribution in [-0.4, -0.2) is 20.7 Å². The van der Waals surface area contributed by atoms with Crippen molar-refractivity contribution in [3.63, 3.8) is 0 Å². The number of fused-ring (bicyclic) bond motifs is 1. The van der Waals surface area contributed by atoms with E-state index in [4.69, 9.17) is 11.6 Å². The summed E-state index contributed by atoms with van der Waals surface area (Å²) in [6, 6.07) is 9.41. The molecule has 6 heteroatoms. The number of halogens is 1. The van der Waals surface area contributed by atoms with Crippen LogP contribution in [0.3, 0.4) is 0 Å². The van der Waals surface area contributed by atoms with E-state index in [1.807, 2.05) is 37.3 Å². The number of benzene rings is 1. The zero-order chi connectivity index (χ0) is 18.7. The van der Waals surface area contributed by atoms with Gasteiger partial charge in [-0.15, -0.1) is 0 Å². The molecule has 0 atom stereocenters. The first kappa shape index (κ1) is 18.1. The van der Waals surface area contributed by atoms with E-state index in [9.17, 15) is 4.79 Å². The van der Waals surface area contributed by atoms with Crippen molar-refractivity contribution in [2.24, 2.45) is 5.92 Å². The van der Waals surface area contributed by atoms with Gasteiger partial charge in [-0.3, -0.25) is 14.5 Å². The fraction of sp³-hybridized carbons (Fsp3) is 0.250. The molecule has 0 saturated heterocycles. The predicted molar refractivity (Wildman–Crippen MR) is 106 cm³/mol. The van der Waals surface area contributed by atoms with Gasteiger partial charge in [-0.25, -0.2) is 0 Å². The van der Waals surface area contributed by atoms with Gasteiger partial charge >= 0.3 is 0 Å². The SMILES string of the molecule is Cc1nn(CC(C)C)c(Cl)c1/C=C/C(=O)Nc1cccc2ncccc12. The van der Waals surface area contributed by atoms with Crippen LogP contribution in [0.4, 0.5) is 5.69 Å². The van der Waals surface area contributed by atoms with Crippen LogP contribution in [0.2, 0.25) is 5.15 Å². The molecular weight excluding hydrogens is 348 g/mol. The van der Waals surface area contributed by atoms with Crippen molar-refractivity contribution >= 4 is 40.2 Å². The molecule has 1 aromatic carbocycles. The van der Waals surface area contributed by atoms with Crippen molar-refractivity contribution in [3.8, 4) is 0 Å². The van der Waals surface area contributed by atoms with Gasteiger partial charge in [0.2, 0.25) is 5.91 Å². The van der Waals surface area contributed by atoms with E-state index in [1.54, 1.807) is 17.0 Å². The first-order valence-corrected chi connectivity index (χ1v) is 8.89. The molecule has 0 aliphatic carbocycles. The number of amides is 1. The minimum Gasteiger partial charge on any atom is -0.322 e. The Balaban J connectivity index is 1.79. The van der Waals surface area contributed by atoms with Crippen molar-refractivity contribution in [3.05, 3.63) is 59.0 Å². The number of carbonyl (C=O) groups is 1. The van der Waals surface area contributed by atoms with E-state index < -0.39 is 0 Å². The third kappa shape index (κ3) is 3.94. The first-order chi connectivity index (χ1) is 12.5. The number of nitrogens with zero attached hydrogens (tertiary/aromatic N) is 3. The maximum atomic E-state index is 12.3. The zero-order valence-corrected chi connectivity index (χ0v) is 15.8. The zero-order valence-electron chi connectivity index (χ0n) is 15.0. The summed E-state index contributed by atoms with van der Waals surface area (Å²) in [6.45, 7) is 6.84. The number of carbonyl (C=O) groups excluding carboxylic acids is 1. The summed E-state index contributed by atoms with van der Waals surface area (Å²) >= 11 is 6.40. The molecule has 0 aliphatic heterocycles. The highest BCUT2D eigenvalue weighted by Gasteiger charge is 2.12. The molecular formula is C20H21ClN4O. The molecule has 0 spiro atoms. The van der Waals surface area contributed by atoms with Crippen LogP contribution in [0.5, 0.6) is 0 Å². The number of aryl methyl sites for hydroxylation is 1. The first-order valence-electron chi connectivity index (χ1n) is 8.51. The van der Waals surface area contributed by atoms with Crippen LogP contribution < -0.4 is 5.32 Å². The van der Waals surface area contributed by atoms with Crippen molar-refractivity contribution in [1.82, 2.24) is 14.8 Å². The van der Waals surface area contributed by atoms with Crippen LogP contribution >= 0.6 is 11.6 Å². The number of anilines is 1. The fourth-order valence-corrected chi connectivity index (χ4v) is 3.08. The Morgan fingerprint density at radius 2 is 2.12 bits per heavy atom. The maximum Gasteiger partial charge on any atom is 0.248 e. The highest BCUT2D eigenvalue weighted by Crippen LogP contribution is 2.23. The lowest BCUT2D eigenvalue weighted by Crippen LogP contribution is -2.08. The number of rotatable bonds is 5. The number of pyridine rings is 1. The van der Waals surface area contributed by atoms with Crippen LogP contribution in [0.1, 0.15) is 25.1 Å². The van der Waals surface area contributed by atoms with Crippen LogP contribution in [0.15, 0.2) is 42.6 Å². The quantitative estimate of drug-likeness (QED) is 0.664. The summed E-state index contributed by atoms with van der Waals surface area (Å²) in [5.74, 6) is 0.209. The molecule has 0 radical (unpaired) electrons.